The summed E-state index contributed by atoms with van der Waals surface area (Å²) in [4.78, 5) is 4.48. The fraction of sp³-hybridized carbons (Fsp3) is 0.174. The van der Waals surface area contributed by atoms with Gasteiger partial charge in [-0.1, -0.05) is 11.6 Å². The molecule has 2 heterocycles. The van der Waals surface area contributed by atoms with E-state index >= 15 is 0 Å². The minimum Gasteiger partial charge on any atom is -0.468 e. The zero-order chi connectivity index (χ0) is 19.9. The molecule has 0 bridgehead atoms. The minimum atomic E-state index is 0. The van der Waals surface area contributed by atoms with Crippen molar-refractivity contribution in [2.75, 3.05) is 18.4 Å². The van der Waals surface area contributed by atoms with Crippen molar-refractivity contribution in [2.45, 2.75) is 13.0 Å². The second-order valence-electron chi connectivity index (χ2n) is 6.63. The van der Waals surface area contributed by atoms with Crippen LogP contribution in [0.25, 0.3) is 10.9 Å². The van der Waals surface area contributed by atoms with E-state index in [1.54, 1.807) is 6.26 Å². The van der Waals surface area contributed by atoms with Gasteiger partial charge in [-0.2, -0.15) is 0 Å². The molecule has 0 fully saturated rings. The zero-order valence-corrected chi connectivity index (χ0v) is 17.9. The molecule has 0 atom stereocenters. The molecule has 4 aromatic rings. The lowest BCUT2D eigenvalue weighted by Crippen LogP contribution is -2.17. The molecule has 0 unspecified atom stereocenters. The molecule has 0 saturated carbocycles. The van der Waals surface area contributed by atoms with Gasteiger partial charge in [0, 0.05) is 34.9 Å². The largest absolute Gasteiger partial charge is 0.468 e. The maximum Gasteiger partial charge on any atom is 0.129 e. The van der Waals surface area contributed by atoms with E-state index in [1.807, 2.05) is 66.9 Å². The fourth-order valence-corrected chi connectivity index (χ4v) is 3.17. The molecule has 5 nitrogen and oxygen atoms in total. The van der Waals surface area contributed by atoms with Gasteiger partial charge in [-0.05, 0) is 67.6 Å². The SMILES string of the molecule is Cl.Clc1ccc(Oc2ccc3c(NCCCNCc4ccco4)ccnc3c2)cc1. The maximum atomic E-state index is 5.92. The molecule has 0 aliphatic heterocycles. The number of fused-ring (bicyclic) bond motifs is 1. The topological polar surface area (TPSA) is 59.3 Å². The first kappa shape index (κ1) is 22.0. The number of ether oxygens (including phenoxy) is 1. The summed E-state index contributed by atoms with van der Waals surface area (Å²) in [5.41, 5.74) is 1.96. The van der Waals surface area contributed by atoms with Crippen LogP contribution >= 0.6 is 24.0 Å². The van der Waals surface area contributed by atoms with Gasteiger partial charge in [-0.3, -0.25) is 4.98 Å². The van der Waals surface area contributed by atoms with E-state index in [9.17, 15) is 0 Å². The molecule has 0 saturated heterocycles. The van der Waals surface area contributed by atoms with Crippen molar-refractivity contribution in [1.29, 1.82) is 0 Å². The van der Waals surface area contributed by atoms with Gasteiger partial charge in [0.2, 0.25) is 0 Å². The number of hydrogen-bond acceptors (Lipinski definition) is 5. The molecule has 0 radical (unpaired) electrons. The normalized spacial score (nSPS) is 10.6. The van der Waals surface area contributed by atoms with Crippen LogP contribution in [-0.2, 0) is 6.54 Å². The molecular formula is C23H23Cl2N3O2. The Kier molecular flexibility index (Phi) is 7.97. The summed E-state index contributed by atoms with van der Waals surface area (Å²) in [5.74, 6) is 2.44. The van der Waals surface area contributed by atoms with Crippen LogP contribution < -0.4 is 15.4 Å². The van der Waals surface area contributed by atoms with Crippen molar-refractivity contribution in [3.63, 3.8) is 0 Å². The molecule has 0 spiro atoms. The Labute approximate surface area is 186 Å². The molecular weight excluding hydrogens is 421 g/mol. The van der Waals surface area contributed by atoms with Gasteiger partial charge in [0.05, 0.1) is 18.3 Å². The first-order valence-electron chi connectivity index (χ1n) is 9.57. The van der Waals surface area contributed by atoms with Gasteiger partial charge < -0.3 is 19.8 Å². The number of nitrogens with one attached hydrogen (secondary N) is 2. The smallest absolute Gasteiger partial charge is 0.129 e. The second kappa shape index (κ2) is 10.9. The van der Waals surface area contributed by atoms with E-state index in [1.165, 1.54) is 0 Å². The highest BCUT2D eigenvalue weighted by atomic mass is 35.5. The predicted molar refractivity (Wildman–Crippen MR) is 124 cm³/mol. The number of halogens is 2. The van der Waals surface area contributed by atoms with Crippen LogP contribution in [0.15, 0.2) is 77.5 Å². The number of furan rings is 1. The molecule has 2 N–H and O–H groups in total. The van der Waals surface area contributed by atoms with Crippen LogP contribution in [-0.4, -0.2) is 18.1 Å². The average molecular weight is 444 g/mol. The Morgan fingerprint density at radius 1 is 0.967 bits per heavy atom. The summed E-state index contributed by atoms with van der Waals surface area (Å²) in [5, 5.41) is 8.63. The number of rotatable bonds is 9. The van der Waals surface area contributed by atoms with Gasteiger partial charge in [-0.25, -0.2) is 0 Å². The molecule has 0 amide bonds. The van der Waals surface area contributed by atoms with Gasteiger partial charge in [0.15, 0.2) is 0 Å². The third-order valence-corrected chi connectivity index (χ3v) is 4.74. The number of benzene rings is 2. The number of pyridine rings is 1. The maximum absolute atomic E-state index is 5.92. The summed E-state index contributed by atoms with van der Waals surface area (Å²) >= 11 is 5.92. The van der Waals surface area contributed by atoms with Crippen LogP contribution in [0.3, 0.4) is 0 Å². The standard InChI is InChI=1S/C23H22ClN3O2.ClH/c24-17-4-6-18(7-5-17)29-19-8-9-21-22(10-13-27-23(21)15-19)26-12-2-11-25-16-20-3-1-14-28-20;/h1,3-10,13-15,25H,2,11-12,16H2,(H,26,27);1H. The lowest BCUT2D eigenvalue weighted by Gasteiger charge is -2.11. The van der Waals surface area contributed by atoms with E-state index < -0.39 is 0 Å². The lowest BCUT2D eigenvalue weighted by atomic mass is 10.1. The summed E-state index contributed by atoms with van der Waals surface area (Å²) in [6.07, 6.45) is 4.51. The predicted octanol–water partition coefficient (Wildman–Crippen LogP) is 6.29. The molecule has 0 aliphatic rings. The van der Waals surface area contributed by atoms with Gasteiger partial charge in [0.25, 0.3) is 0 Å². The molecule has 2 aromatic heterocycles. The average Bonchev–Trinajstić information content (AvgIpc) is 3.26. The zero-order valence-electron chi connectivity index (χ0n) is 16.3. The second-order valence-corrected chi connectivity index (χ2v) is 7.07. The molecule has 4 rings (SSSR count). The summed E-state index contributed by atoms with van der Waals surface area (Å²) in [6.45, 7) is 2.53. The number of aromatic nitrogens is 1. The number of nitrogens with zero attached hydrogens (tertiary/aromatic N) is 1. The molecule has 7 heteroatoms. The Morgan fingerprint density at radius 2 is 1.80 bits per heavy atom. The van der Waals surface area contributed by atoms with Crippen LogP contribution in [0.2, 0.25) is 5.02 Å². The Bertz CT molecular complexity index is 1050. The highest BCUT2D eigenvalue weighted by Gasteiger charge is 2.05. The van der Waals surface area contributed by atoms with Gasteiger partial charge >= 0.3 is 0 Å². The third-order valence-electron chi connectivity index (χ3n) is 4.49. The van der Waals surface area contributed by atoms with Crippen molar-refractivity contribution in [2.24, 2.45) is 0 Å². The first-order chi connectivity index (χ1) is 14.3. The number of anilines is 1. The molecule has 2 aromatic carbocycles. The summed E-state index contributed by atoms with van der Waals surface area (Å²) in [6, 6.07) is 19.1. The first-order valence-corrected chi connectivity index (χ1v) is 9.95. The third kappa shape index (κ3) is 5.89. The van der Waals surface area contributed by atoms with E-state index in [2.05, 4.69) is 15.6 Å². The Hall–Kier alpha value is -2.73. The Morgan fingerprint density at radius 3 is 2.60 bits per heavy atom. The van der Waals surface area contributed by atoms with Crippen LogP contribution in [0.4, 0.5) is 5.69 Å². The van der Waals surface area contributed by atoms with Crippen LogP contribution in [0.5, 0.6) is 11.5 Å². The molecule has 156 valence electrons. The van der Waals surface area contributed by atoms with Crippen molar-refractivity contribution >= 4 is 40.6 Å². The minimum absolute atomic E-state index is 0. The van der Waals surface area contributed by atoms with E-state index in [0.717, 1.165) is 59.9 Å². The van der Waals surface area contributed by atoms with Crippen molar-refractivity contribution in [1.82, 2.24) is 10.3 Å². The van der Waals surface area contributed by atoms with E-state index in [-0.39, 0.29) is 12.4 Å². The number of hydrogen-bond donors (Lipinski definition) is 2. The van der Waals surface area contributed by atoms with E-state index in [0.29, 0.717) is 5.02 Å². The highest BCUT2D eigenvalue weighted by molar-refractivity contribution is 6.30. The molecule has 30 heavy (non-hydrogen) atoms. The monoisotopic (exact) mass is 443 g/mol. The van der Waals surface area contributed by atoms with Gasteiger partial charge in [-0.15, -0.1) is 12.4 Å². The van der Waals surface area contributed by atoms with Crippen molar-refractivity contribution in [3.8, 4) is 11.5 Å². The van der Waals surface area contributed by atoms with Crippen molar-refractivity contribution in [3.05, 3.63) is 83.9 Å². The van der Waals surface area contributed by atoms with Crippen molar-refractivity contribution < 1.29 is 9.15 Å². The van der Waals surface area contributed by atoms with Crippen LogP contribution in [0.1, 0.15) is 12.2 Å². The van der Waals surface area contributed by atoms with E-state index in [4.69, 9.17) is 20.8 Å². The lowest BCUT2D eigenvalue weighted by molar-refractivity contribution is 0.482. The quantitative estimate of drug-likeness (QED) is 0.297. The molecule has 0 aliphatic carbocycles. The van der Waals surface area contributed by atoms with Crippen LogP contribution in [0, 0.1) is 0 Å². The fourth-order valence-electron chi connectivity index (χ4n) is 3.05. The summed E-state index contributed by atoms with van der Waals surface area (Å²) < 4.78 is 11.2. The Balaban J connectivity index is 0.00000256. The van der Waals surface area contributed by atoms with Gasteiger partial charge in [0.1, 0.15) is 17.3 Å². The highest BCUT2D eigenvalue weighted by Crippen LogP contribution is 2.28. The summed E-state index contributed by atoms with van der Waals surface area (Å²) in [7, 11) is 0.